The van der Waals surface area contributed by atoms with Crippen molar-refractivity contribution >= 4 is 75.0 Å². The first-order valence-electron chi connectivity index (χ1n) is 17.7. The fraction of sp³-hybridized carbons (Fsp3) is 0. The third-order valence-corrected chi connectivity index (χ3v) is 12.1. The second-order valence-corrected chi connectivity index (χ2v) is 14.8. The lowest BCUT2D eigenvalue weighted by Crippen LogP contribution is -2.00. The van der Waals surface area contributed by atoms with E-state index in [1.807, 2.05) is 0 Å². The normalized spacial score (nSPS) is 12.2. The van der Waals surface area contributed by atoms with Gasteiger partial charge in [0.25, 0.3) is 0 Å². The maximum absolute atomic E-state index is 5.52. The van der Waals surface area contributed by atoms with Crippen molar-refractivity contribution in [1.82, 2.24) is 14.5 Å². The summed E-state index contributed by atoms with van der Waals surface area (Å²) in [4.78, 5) is 11.0. The monoisotopic (exact) mass is 677 g/mol. The van der Waals surface area contributed by atoms with Crippen molar-refractivity contribution in [1.29, 1.82) is 0 Å². The van der Waals surface area contributed by atoms with Crippen LogP contribution in [-0.2, 0) is 0 Å². The van der Waals surface area contributed by atoms with Crippen molar-refractivity contribution in [2.24, 2.45) is 0 Å². The number of rotatable bonds is 3. The van der Waals surface area contributed by atoms with E-state index in [4.69, 9.17) is 9.97 Å². The summed E-state index contributed by atoms with van der Waals surface area (Å²) >= 11 is 1.77. The van der Waals surface area contributed by atoms with Gasteiger partial charge < -0.3 is 4.57 Å². The van der Waals surface area contributed by atoms with Gasteiger partial charge in [0.2, 0.25) is 0 Å². The standard InChI is InChI=1S/C48H27N3S/c1-2-12-29(13-3-1)45-47-46(35-19-7-9-23-42(35)52-47)50-48(49-45)39-27-32(26-38-34-20-10-16-28-17-11-21-36(43(28)34)44(38)39)51-40-22-8-6-18-33(40)37-24-30-14-4-5-15-31(30)25-41(37)51/h1-27H. The summed E-state index contributed by atoms with van der Waals surface area (Å²) < 4.78 is 4.78. The number of hydrogen-bond donors (Lipinski definition) is 0. The Morgan fingerprint density at radius 2 is 1.15 bits per heavy atom. The molecule has 1 aliphatic carbocycles. The van der Waals surface area contributed by atoms with Crippen LogP contribution in [0.5, 0.6) is 0 Å². The molecular weight excluding hydrogens is 651 g/mol. The molecule has 4 heteroatoms. The highest BCUT2D eigenvalue weighted by Gasteiger charge is 2.28. The van der Waals surface area contributed by atoms with E-state index in [2.05, 4.69) is 168 Å². The van der Waals surface area contributed by atoms with Crippen LogP contribution in [0.2, 0.25) is 0 Å². The first-order chi connectivity index (χ1) is 25.8. The van der Waals surface area contributed by atoms with Crippen LogP contribution >= 0.6 is 11.3 Å². The lowest BCUT2D eigenvalue weighted by molar-refractivity contribution is 1.17. The van der Waals surface area contributed by atoms with E-state index in [0.29, 0.717) is 0 Å². The summed E-state index contributed by atoms with van der Waals surface area (Å²) in [5.41, 5.74) is 12.5. The predicted molar refractivity (Wildman–Crippen MR) is 220 cm³/mol. The molecule has 0 aliphatic heterocycles. The second-order valence-electron chi connectivity index (χ2n) is 13.7. The molecule has 0 fully saturated rings. The van der Waals surface area contributed by atoms with Crippen LogP contribution in [0.4, 0.5) is 0 Å². The SMILES string of the molecule is c1ccc(-c2nc(-c3cc(-n4c5ccccc5c5cc6ccccc6cc54)cc4c3-c3cccc5cccc-4c35)nc3c2sc2ccccc23)cc1. The van der Waals surface area contributed by atoms with E-state index in [9.17, 15) is 0 Å². The van der Waals surface area contributed by atoms with Crippen LogP contribution in [0.15, 0.2) is 164 Å². The van der Waals surface area contributed by atoms with E-state index >= 15 is 0 Å². The minimum atomic E-state index is 0.740. The van der Waals surface area contributed by atoms with Gasteiger partial charge in [0.05, 0.1) is 26.9 Å². The van der Waals surface area contributed by atoms with E-state index in [0.717, 1.165) is 43.9 Å². The highest BCUT2D eigenvalue weighted by atomic mass is 32.1. The molecule has 8 aromatic carbocycles. The third-order valence-electron chi connectivity index (χ3n) is 10.9. The lowest BCUT2D eigenvalue weighted by atomic mass is 9.96. The Morgan fingerprint density at radius 3 is 2.02 bits per heavy atom. The van der Waals surface area contributed by atoms with E-state index < -0.39 is 0 Å². The van der Waals surface area contributed by atoms with Gasteiger partial charge in [-0.2, -0.15) is 0 Å². The number of thiophene rings is 1. The van der Waals surface area contributed by atoms with Gasteiger partial charge in [-0.1, -0.05) is 127 Å². The minimum Gasteiger partial charge on any atom is -0.309 e. The Hall–Kier alpha value is -6.62. The Labute approximate surface area is 302 Å². The van der Waals surface area contributed by atoms with Crippen molar-refractivity contribution in [3.05, 3.63) is 164 Å². The van der Waals surface area contributed by atoms with Crippen molar-refractivity contribution in [3.63, 3.8) is 0 Å². The molecule has 1 aliphatic rings. The molecule has 0 saturated carbocycles. The Balaban J connectivity index is 1.24. The number of fused-ring (bicyclic) bond motifs is 10. The molecule has 0 saturated heterocycles. The van der Waals surface area contributed by atoms with Gasteiger partial charge >= 0.3 is 0 Å². The van der Waals surface area contributed by atoms with Gasteiger partial charge in [0.15, 0.2) is 5.82 Å². The fourth-order valence-electron chi connectivity index (χ4n) is 8.65. The molecule has 3 nitrogen and oxygen atoms in total. The molecule has 11 aromatic rings. The Bertz CT molecular complexity index is 3290. The largest absolute Gasteiger partial charge is 0.309 e. The zero-order valence-corrected chi connectivity index (χ0v) is 28.7. The first kappa shape index (κ1) is 28.1. The molecule has 240 valence electrons. The summed E-state index contributed by atoms with van der Waals surface area (Å²) in [6, 6.07) is 59.4. The molecule has 52 heavy (non-hydrogen) atoms. The van der Waals surface area contributed by atoms with Gasteiger partial charge in [0, 0.05) is 43.2 Å². The topological polar surface area (TPSA) is 30.7 Å². The lowest BCUT2D eigenvalue weighted by Gasteiger charge is -2.16. The molecule has 3 aromatic heterocycles. The smallest absolute Gasteiger partial charge is 0.161 e. The summed E-state index contributed by atoms with van der Waals surface area (Å²) in [5, 5.41) is 8.65. The zero-order chi connectivity index (χ0) is 33.9. The Kier molecular flexibility index (Phi) is 5.65. The van der Waals surface area contributed by atoms with Crippen molar-refractivity contribution in [2.75, 3.05) is 0 Å². The number of aromatic nitrogens is 3. The number of nitrogens with zero attached hydrogens (tertiary/aromatic N) is 3. The molecule has 0 atom stereocenters. The molecule has 0 spiro atoms. The fourth-order valence-corrected chi connectivity index (χ4v) is 9.80. The maximum atomic E-state index is 5.52. The van der Waals surface area contributed by atoms with Crippen LogP contribution in [0.1, 0.15) is 0 Å². The van der Waals surface area contributed by atoms with E-state index in [1.165, 1.54) is 70.3 Å². The molecule has 0 unspecified atom stereocenters. The van der Waals surface area contributed by atoms with E-state index in [1.54, 1.807) is 11.3 Å². The molecule has 12 rings (SSSR count). The van der Waals surface area contributed by atoms with Crippen LogP contribution in [0, 0.1) is 0 Å². The molecule has 0 radical (unpaired) electrons. The average Bonchev–Trinajstić information content (AvgIpc) is 3.85. The summed E-state index contributed by atoms with van der Waals surface area (Å²) in [5.74, 6) is 0.740. The number of hydrogen-bond acceptors (Lipinski definition) is 3. The van der Waals surface area contributed by atoms with Crippen LogP contribution in [-0.4, -0.2) is 14.5 Å². The van der Waals surface area contributed by atoms with Crippen LogP contribution in [0.3, 0.4) is 0 Å². The quantitative estimate of drug-likeness (QED) is 0.186. The zero-order valence-electron chi connectivity index (χ0n) is 27.8. The average molecular weight is 678 g/mol. The van der Waals surface area contributed by atoms with Crippen LogP contribution < -0.4 is 0 Å². The molecule has 0 amide bonds. The highest BCUT2D eigenvalue weighted by molar-refractivity contribution is 7.26. The third kappa shape index (κ3) is 3.84. The first-order valence-corrected chi connectivity index (χ1v) is 18.5. The molecule has 0 bridgehead atoms. The molecule has 0 N–H and O–H groups in total. The summed E-state index contributed by atoms with van der Waals surface area (Å²) in [6.07, 6.45) is 0. The maximum Gasteiger partial charge on any atom is 0.161 e. The predicted octanol–water partition coefficient (Wildman–Crippen LogP) is 13.2. The van der Waals surface area contributed by atoms with Gasteiger partial charge in [-0.3, -0.25) is 0 Å². The highest BCUT2D eigenvalue weighted by Crippen LogP contribution is 2.52. The van der Waals surface area contributed by atoms with Gasteiger partial charge in [-0.25, -0.2) is 9.97 Å². The Morgan fingerprint density at radius 1 is 0.462 bits per heavy atom. The number of para-hydroxylation sites is 1. The van der Waals surface area contributed by atoms with Gasteiger partial charge in [-0.05, 0) is 74.6 Å². The molecular formula is C48H27N3S. The van der Waals surface area contributed by atoms with Crippen LogP contribution in [0.25, 0.3) is 114 Å². The van der Waals surface area contributed by atoms with Crippen molar-refractivity contribution in [2.45, 2.75) is 0 Å². The summed E-state index contributed by atoms with van der Waals surface area (Å²) in [7, 11) is 0. The van der Waals surface area contributed by atoms with Gasteiger partial charge in [0.1, 0.15) is 0 Å². The molecule has 3 heterocycles. The van der Waals surface area contributed by atoms with E-state index in [-0.39, 0.29) is 0 Å². The van der Waals surface area contributed by atoms with Gasteiger partial charge in [-0.15, -0.1) is 11.3 Å². The minimum absolute atomic E-state index is 0.740. The van der Waals surface area contributed by atoms with Crippen molar-refractivity contribution in [3.8, 4) is 50.6 Å². The number of benzene rings is 8. The summed E-state index contributed by atoms with van der Waals surface area (Å²) in [6.45, 7) is 0. The second kappa shape index (κ2) is 10.5. The van der Waals surface area contributed by atoms with Crippen molar-refractivity contribution < 1.29 is 0 Å².